The Morgan fingerprint density at radius 2 is 2.24 bits per heavy atom. The van der Waals surface area contributed by atoms with E-state index in [0.717, 1.165) is 6.42 Å². The van der Waals surface area contributed by atoms with Gasteiger partial charge in [0.1, 0.15) is 5.75 Å². The second-order valence-electron chi connectivity index (χ2n) is 4.10. The molecule has 1 aromatic carbocycles. The highest BCUT2D eigenvalue weighted by Crippen LogP contribution is 2.32. The molecule has 0 aromatic heterocycles. The van der Waals surface area contributed by atoms with E-state index in [9.17, 15) is 9.59 Å². The fraction of sp³-hybridized carbons (Fsp3) is 0.385. The Labute approximate surface area is 100 Å². The summed E-state index contributed by atoms with van der Waals surface area (Å²) in [5.41, 5.74) is 1.30. The van der Waals surface area contributed by atoms with Crippen LogP contribution in [-0.2, 0) is 4.79 Å². The maximum atomic E-state index is 11.8. The molecule has 0 unspecified atom stereocenters. The van der Waals surface area contributed by atoms with Crippen LogP contribution in [0.5, 0.6) is 5.75 Å². The molecule has 0 N–H and O–H groups in total. The molecule has 1 heterocycles. The van der Waals surface area contributed by atoms with Crippen LogP contribution in [-0.4, -0.2) is 25.3 Å². The highest BCUT2D eigenvalue weighted by Gasteiger charge is 2.23. The summed E-state index contributed by atoms with van der Waals surface area (Å²) in [6, 6.07) is 5.23. The summed E-state index contributed by atoms with van der Waals surface area (Å²) >= 11 is 0. The van der Waals surface area contributed by atoms with Gasteiger partial charge in [0.05, 0.1) is 5.69 Å². The summed E-state index contributed by atoms with van der Waals surface area (Å²) < 4.78 is 5.30. The van der Waals surface area contributed by atoms with Gasteiger partial charge in [0.25, 0.3) is 5.91 Å². The average Bonchev–Trinajstić information content (AvgIpc) is 2.34. The van der Waals surface area contributed by atoms with Gasteiger partial charge >= 0.3 is 0 Å². The Morgan fingerprint density at radius 3 is 2.94 bits per heavy atom. The van der Waals surface area contributed by atoms with Crippen molar-refractivity contribution in [2.75, 3.05) is 18.6 Å². The predicted octanol–water partition coefficient (Wildman–Crippen LogP) is 2.02. The summed E-state index contributed by atoms with van der Waals surface area (Å²) in [6.07, 6.45) is 1.35. The third-order valence-corrected chi connectivity index (χ3v) is 2.84. The second kappa shape index (κ2) is 4.57. The number of anilines is 1. The van der Waals surface area contributed by atoms with Gasteiger partial charge in [-0.3, -0.25) is 9.59 Å². The molecule has 0 fully saturated rings. The molecule has 0 aliphatic carbocycles. The number of carbonyl (C=O) groups is 2. The average molecular weight is 233 g/mol. The molecule has 1 aliphatic rings. The number of hydrogen-bond donors (Lipinski definition) is 0. The Kier molecular flexibility index (Phi) is 3.13. The lowest BCUT2D eigenvalue weighted by Crippen LogP contribution is -2.35. The van der Waals surface area contributed by atoms with Gasteiger partial charge in [-0.2, -0.15) is 0 Å². The third kappa shape index (κ3) is 2.16. The number of likely N-dealkylation sites (N-methyl/N-ethyl adjacent to an activating group) is 1. The van der Waals surface area contributed by atoms with E-state index >= 15 is 0 Å². The number of fused-ring (bicyclic) bond motifs is 1. The summed E-state index contributed by atoms with van der Waals surface area (Å²) in [4.78, 5) is 24.8. The Hall–Kier alpha value is -1.84. The standard InChI is InChI=1S/C13H15NO3/c1-3-4-11(15)9-5-6-12-10(7-9)14(2)13(16)8-17-12/h5-7H,3-4,8H2,1-2H3. The van der Waals surface area contributed by atoms with Crippen molar-refractivity contribution in [2.45, 2.75) is 19.8 Å². The molecule has 1 aromatic rings. The van der Waals surface area contributed by atoms with Gasteiger partial charge < -0.3 is 9.64 Å². The zero-order chi connectivity index (χ0) is 12.4. The van der Waals surface area contributed by atoms with E-state index in [1.807, 2.05) is 6.92 Å². The maximum absolute atomic E-state index is 11.8. The molecular formula is C13H15NO3. The number of ketones is 1. The molecule has 4 heteroatoms. The molecule has 2 rings (SSSR count). The number of carbonyl (C=O) groups excluding carboxylic acids is 2. The van der Waals surface area contributed by atoms with Crippen LogP contribution in [0.2, 0.25) is 0 Å². The molecule has 4 nitrogen and oxygen atoms in total. The maximum Gasteiger partial charge on any atom is 0.264 e. The van der Waals surface area contributed by atoms with Crippen molar-refractivity contribution in [3.63, 3.8) is 0 Å². The van der Waals surface area contributed by atoms with Crippen LogP contribution in [0.25, 0.3) is 0 Å². The Bertz CT molecular complexity index is 468. The molecule has 0 saturated heterocycles. The van der Waals surface area contributed by atoms with Crippen molar-refractivity contribution < 1.29 is 14.3 Å². The summed E-state index contributed by atoms with van der Waals surface area (Å²) in [6.45, 7) is 2.03. The molecule has 1 amide bonds. The Balaban J connectivity index is 2.35. The quantitative estimate of drug-likeness (QED) is 0.750. The first-order valence-electron chi connectivity index (χ1n) is 5.70. The summed E-state index contributed by atoms with van der Waals surface area (Å²) in [7, 11) is 1.69. The topological polar surface area (TPSA) is 46.6 Å². The van der Waals surface area contributed by atoms with Crippen LogP contribution in [0.15, 0.2) is 18.2 Å². The monoisotopic (exact) mass is 233 g/mol. The normalized spacial score (nSPS) is 14.2. The minimum atomic E-state index is -0.0995. The van der Waals surface area contributed by atoms with Crippen molar-refractivity contribution in [1.82, 2.24) is 0 Å². The van der Waals surface area contributed by atoms with Crippen LogP contribution in [0.1, 0.15) is 30.1 Å². The van der Waals surface area contributed by atoms with E-state index in [-0.39, 0.29) is 18.3 Å². The number of ether oxygens (including phenoxy) is 1. The van der Waals surface area contributed by atoms with Crippen LogP contribution in [0.3, 0.4) is 0 Å². The molecule has 0 atom stereocenters. The minimum absolute atomic E-state index is 0.0613. The Morgan fingerprint density at radius 1 is 1.47 bits per heavy atom. The number of amides is 1. The van der Waals surface area contributed by atoms with Gasteiger partial charge in [-0.1, -0.05) is 6.92 Å². The molecular weight excluding hydrogens is 218 g/mol. The van der Waals surface area contributed by atoms with E-state index in [4.69, 9.17) is 4.74 Å². The van der Waals surface area contributed by atoms with Crippen LogP contribution >= 0.6 is 0 Å². The fourth-order valence-electron chi connectivity index (χ4n) is 1.82. The number of nitrogens with zero attached hydrogens (tertiary/aromatic N) is 1. The molecule has 0 radical (unpaired) electrons. The second-order valence-corrected chi connectivity index (χ2v) is 4.10. The lowest BCUT2D eigenvalue weighted by atomic mass is 10.1. The summed E-state index contributed by atoms with van der Waals surface area (Å²) in [5, 5.41) is 0. The first kappa shape index (κ1) is 11.6. The van der Waals surface area contributed by atoms with E-state index in [0.29, 0.717) is 23.4 Å². The molecule has 17 heavy (non-hydrogen) atoms. The van der Waals surface area contributed by atoms with Crippen LogP contribution < -0.4 is 9.64 Å². The molecule has 0 spiro atoms. The molecule has 0 saturated carbocycles. The first-order valence-corrected chi connectivity index (χ1v) is 5.70. The van der Waals surface area contributed by atoms with Gasteiger partial charge in [0, 0.05) is 19.0 Å². The molecule has 0 bridgehead atoms. The van der Waals surface area contributed by atoms with Crippen molar-refractivity contribution >= 4 is 17.4 Å². The first-order chi connectivity index (χ1) is 8.13. The number of benzene rings is 1. The van der Waals surface area contributed by atoms with E-state index < -0.39 is 0 Å². The van der Waals surface area contributed by atoms with Gasteiger partial charge in [0.15, 0.2) is 12.4 Å². The van der Waals surface area contributed by atoms with Crippen LogP contribution in [0.4, 0.5) is 5.69 Å². The predicted molar refractivity (Wildman–Crippen MR) is 64.6 cm³/mol. The van der Waals surface area contributed by atoms with Crippen LogP contribution in [0, 0.1) is 0 Å². The lowest BCUT2D eigenvalue weighted by Gasteiger charge is -2.26. The number of rotatable bonds is 3. The van der Waals surface area contributed by atoms with Crippen molar-refractivity contribution in [1.29, 1.82) is 0 Å². The zero-order valence-electron chi connectivity index (χ0n) is 10.0. The zero-order valence-corrected chi connectivity index (χ0v) is 10.0. The lowest BCUT2D eigenvalue weighted by molar-refractivity contribution is -0.120. The molecule has 1 aliphatic heterocycles. The van der Waals surface area contributed by atoms with Gasteiger partial charge in [0.2, 0.25) is 0 Å². The van der Waals surface area contributed by atoms with Crippen molar-refractivity contribution in [2.24, 2.45) is 0 Å². The fourth-order valence-corrected chi connectivity index (χ4v) is 1.82. The van der Waals surface area contributed by atoms with E-state index in [1.54, 1.807) is 25.2 Å². The number of hydrogen-bond acceptors (Lipinski definition) is 3. The van der Waals surface area contributed by atoms with E-state index in [2.05, 4.69) is 0 Å². The van der Waals surface area contributed by atoms with Gasteiger partial charge in [-0.05, 0) is 24.6 Å². The third-order valence-electron chi connectivity index (χ3n) is 2.84. The largest absolute Gasteiger partial charge is 0.482 e. The highest BCUT2D eigenvalue weighted by molar-refractivity contribution is 6.01. The van der Waals surface area contributed by atoms with E-state index in [1.165, 1.54) is 4.90 Å². The SMILES string of the molecule is CCCC(=O)c1ccc2c(c1)N(C)C(=O)CO2. The van der Waals surface area contributed by atoms with Gasteiger partial charge in [-0.15, -0.1) is 0 Å². The minimum Gasteiger partial charge on any atom is -0.482 e. The smallest absolute Gasteiger partial charge is 0.264 e. The molecule has 90 valence electrons. The number of Topliss-reactive ketones (excluding diaryl/α,β-unsaturated/α-hetero) is 1. The highest BCUT2D eigenvalue weighted by atomic mass is 16.5. The van der Waals surface area contributed by atoms with Gasteiger partial charge in [-0.25, -0.2) is 0 Å². The summed E-state index contributed by atoms with van der Waals surface area (Å²) in [5.74, 6) is 0.652. The van der Waals surface area contributed by atoms with Crippen molar-refractivity contribution in [3.05, 3.63) is 23.8 Å². The van der Waals surface area contributed by atoms with Crippen molar-refractivity contribution in [3.8, 4) is 5.75 Å².